The van der Waals surface area contributed by atoms with Gasteiger partial charge >= 0.3 is 11.9 Å². The van der Waals surface area contributed by atoms with Crippen LogP contribution in [-0.4, -0.2) is 41.0 Å². The lowest BCUT2D eigenvalue weighted by Crippen LogP contribution is -2.24. The van der Waals surface area contributed by atoms with Gasteiger partial charge in [-0.15, -0.1) is 0 Å². The lowest BCUT2D eigenvalue weighted by Gasteiger charge is -2.19. The minimum absolute atomic E-state index is 0.00252. The monoisotopic (exact) mass is 575 g/mol. The minimum Gasteiger partial charge on any atom is -0.478 e. The summed E-state index contributed by atoms with van der Waals surface area (Å²) in [5, 5.41) is 27.6. The standard InChI is InChI=1S/C36H22BNO6/c39-33(37-19-7-3-1-4-8-19)25-15-11-21-24-14-18-28(36(43)44)32-26(34(40)38-20-9-5-2-6-10-20)16-12-22(30(24)32)23-13-17-27(35(41)42)31(25)29(21)23/h1-18,37H,(H,38,40)(H,41,42)(H,43,44). The van der Waals surface area contributed by atoms with Crippen LogP contribution in [0.15, 0.2) is 109 Å². The van der Waals surface area contributed by atoms with Crippen molar-refractivity contribution in [2.24, 2.45) is 0 Å². The molecule has 0 fully saturated rings. The summed E-state index contributed by atoms with van der Waals surface area (Å²) in [5.74, 6) is -2.80. The maximum Gasteiger partial charge on any atom is 0.336 e. The van der Waals surface area contributed by atoms with Crippen molar-refractivity contribution in [3.8, 4) is 0 Å². The molecule has 0 unspecified atom stereocenters. The Bertz CT molecular complexity index is 2130. The van der Waals surface area contributed by atoms with Crippen molar-refractivity contribution in [2.45, 2.75) is 0 Å². The molecule has 0 aliphatic heterocycles. The Morgan fingerprint density at radius 1 is 0.477 bits per heavy atom. The topological polar surface area (TPSA) is 121 Å². The zero-order chi connectivity index (χ0) is 30.5. The van der Waals surface area contributed by atoms with E-state index in [4.69, 9.17) is 0 Å². The summed E-state index contributed by atoms with van der Waals surface area (Å²) < 4.78 is 0. The van der Waals surface area contributed by atoms with Crippen LogP contribution in [0.1, 0.15) is 41.4 Å². The number of fused-ring (bicyclic) bond motifs is 2. The number of rotatable bonds is 7. The first-order valence-electron chi connectivity index (χ1n) is 13.9. The molecule has 7 aromatic carbocycles. The van der Waals surface area contributed by atoms with Gasteiger partial charge in [0.2, 0.25) is 7.28 Å². The van der Waals surface area contributed by atoms with Crippen molar-refractivity contribution < 1.29 is 29.4 Å². The number of carbonyl (C=O) groups excluding carboxylic acids is 2. The highest BCUT2D eigenvalue weighted by Gasteiger charge is 2.26. The molecular formula is C36H22BNO6. The van der Waals surface area contributed by atoms with Gasteiger partial charge in [0.05, 0.1) is 11.1 Å². The smallest absolute Gasteiger partial charge is 0.336 e. The van der Waals surface area contributed by atoms with Crippen LogP contribution < -0.4 is 10.8 Å². The lowest BCUT2D eigenvalue weighted by molar-refractivity contribution is 0.0688. The van der Waals surface area contributed by atoms with Crippen LogP contribution in [0.3, 0.4) is 0 Å². The fraction of sp³-hybridized carbons (Fsp3) is 0. The molecule has 0 spiro atoms. The fourth-order valence-corrected chi connectivity index (χ4v) is 6.26. The van der Waals surface area contributed by atoms with E-state index in [1.807, 2.05) is 36.4 Å². The van der Waals surface area contributed by atoms with Crippen molar-refractivity contribution in [3.05, 3.63) is 131 Å². The Morgan fingerprint density at radius 3 is 1.41 bits per heavy atom. The Hall–Kier alpha value is -6.02. The number of anilines is 1. The fourth-order valence-electron chi connectivity index (χ4n) is 6.26. The van der Waals surface area contributed by atoms with E-state index < -0.39 is 17.8 Å². The molecule has 0 saturated heterocycles. The highest BCUT2D eigenvalue weighted by atomic mass is 16.4. The van der Waals surface area contributed by atoms with Crippen LogP contribution in [0, 0.1) is 0 Å². The van der Waals surface area contributed by atoms with Gasteiger partial charge in [-0.2, -0.15) is 0 Å². The predicted molar refractivity (Wildman–Crippen MR) is 174 cm³/mol. The second-order valence-electron chi connectivity index (χ2n) is 10.7. The Balaban J connectivity index is 1.54. The minimum atomic E-state index is -1.18. The Morgan fingerprint density at radius 2 is 0.909 bits per heavy atom. The predicted octanol–water partition coefficient (Wildman–Crippen LogP) is 6.29. The second-order valence-corrected chi connectivity index (χ2v) is 10.7. The average molecular weight is 575 g/mol. The molecule has 0 radical (unpaired) electrons. The molecule has 210 valence electrons. The van der Waals surface area contributed by atoms with Gasteiger partial charge in [-0.3, -0.25) is 4.79 Å². The Labute approximate surface area is 250 Å². The van der Waals surface area contributed by atoms with Gasteiger partial charge in [0, 0.05) is 27.6 Å². The lowest BCUT2D eigenvalue weighted by atomic mass is 9.63. The third-order valence-electron chi connectivity index (χ3n) is 8.15. The number of hydrogen-bond acceptors (Lipinski definition) is 4. The van der Waals surface area contributed by atoms with Gasteiger partial charge in [0.1, 0.15) is 5.68 Å². The SMILES string of the molecule is O=C(O)c1ccc2c3ccc(C(=O)Nc4ccccc4)c4c(C(=O)O)ccc(c5ccc(C(=O)Bc6ccccc6)c1c52)c43. The molecule has 7 nitrogen and oxygen atoms in total. The van der Waals surface area contributed by atoms with E-state index in [1.165, 1.54) is 12.1 Å². The van der Waals surface area contributed by atoms with Gasteiger partial charge in [-0.05, 0) is 62.6 Å². The van der Waals surface area contributed by atoms with E-state index in [-0.39, 0.29) is 35.0 Å². The molecule has 44 heavy (non-hydrogen) atoms. The van der Waals surface area contributed by atoms with Crippen LogP contribution in [0.25, 0.3) is 43.1 Å². The second kappa shape index (κ2) is 10.4. The first kappa shape index (κ1) is 26.9. The highest BCUT2D eigenvalue weighted by Crippen LogP contribution is 2.44. The summed E-state index contributed by atoms with van der Waals surface area (Å²) in [5.41, 5.74) is 1.64. The van der Waals surface area contributed by atoms with Crippen molar-refractivity contribution in [2.75, 3.05) is 5.32 Å². The van der Waals surface area contributed by atoms with Crippen molar-refractivity contribution in [1.29, 1.82) is 0 Å². The normalized spacial score (nSPS) is 11.3. The molecule has 0 saturated carbocycles. The van der Waals surface area contributed by atoms with Crippen molar-refractivity contribution in [1.82, 2.24) is 0 Å². The van der Waals surface area contributed by atoms with E-state index in [2.05, 4.69) is 5.32 Å². The number of carboxylic acids is 2. The van der Waals surface area contributed by atoms with Crippen molar-refractivity contribution in [3.63, 3.8) is 0 Å². The van der Waals surface area contributed by atoms with E-state index in [9.17, 15) is 29.4 Å². The van der Waals surface area contributed by atoms with E-state index in [0.29, 0.717) is 49.0 Å². The molecule has 7 aromatic rings. The van der Waals surface area contributed by atoms with Crippen LogP contribution >= 0.6 is 0 Å². The number of carboxylic acid groups (broad SMARTS) is 2. The molecule has 8 heteroatoms. The number of aromatic carboxylic acids is 2. The molecule has 0 heterocycles. The third-order valence-corrected chi connectivity index (χ3v) is 8.15. The number of nitrogens with one attached hydrogen (secondary N) is 1. The maximum atomic E-state index is 13.7. The van der Waals surface area contributed by atoms with Crippen LogP contribution in [-0.2, 0) is 0 Å². The summed E-state index contributed by atoms with van der Waals surface area (Å²) in [6.45, 7) is 0. The van der Waals surface area contributed by atoms with Crippen molar-refractivity contribution >= 4 is 85.0 Å². The molecular weight excluding hydrogens is 553 g/mol. The number of amides is 1. The van der Waals surface area contributed by atoms with E-state index in [1.54, 1.807) is 60.7 Å². The molecule has 0 atom stereocenters. The number of benzene rings is 7. The van der Waals surface area contributed by atoms with Crippen LogP contribution in [0.4, 0.5) is 5.69 Å². The van der Waals surface area contributed by atoms with Gasteiger partial charge < -0.3 is 20.3 Å². The number of para-hydroxylation sites is 1. The first-order chi connectivity index (χ1) is 21.3. The zero-order valence-corrected chi connectivity index (χ0v) is 23.1. The van der Waals surface area contributed by atoms with Gasteiger partial charge in [0.25, 0.3) is 5.91 Å². The summed E-state index contributed by atoms with van der Waals surface area (Å²) in [4.78, 5) is 52.2. The molecule has 7 rings (SSSR count). The van der Waals surface area contributed by atoms with Gasteiger partial charge in [-0.1, -0.05) is 84.3 Å². The number of hydrogen-bond donors (Lipinski definition) is 3. The molecule has 0 aromatic heterocycles. The van der Waals surface area contributed by atoms with E-state index in [0.717, 1.165) is 5.46 Å². The molecule has 0 aliphatic rings. The van der Waals surface area contributed by atoms with Crippen LogP contribution in [0.5, 0.6) is 0 Å². The van der Waals surface area contributed by atoms with Crippen LogP contribution in [0.2, 0.25) is 0 Å². The summed E-state index contributed by atoms with van der Waals surface area (Å²) in [6.07, 6.45) is 0. The summed E-state index contributed by atoms with van der Waals surface area (Å²) in [7, 11) is 0.104. The largest absolute Gasteiger partial charge is 0.478 e. The summed E-state index contributed by atoms with van der Waals surface area (Å²) in [6, 6.07) is 31.3. The average Bonchev–Trinajstić information content (AvgIpc) is 3.03. The molecule has 0 bridgehead atoms. The van der Waals surface area contributed by atoms with Gasteiger partial charge in [0.15, 0.2) is 0 Å². The number of carbonyl (C=O) groups is 4. The quantitative estimate of drug-likeness (QED) is 0.117. The van der Waals surface area contributed by atoms with E-state index >= 15 is 0 Å². The Kier molecular flexibility index (Phi) is 6.32. The molecule has 0 aliphatic carbocycles. The first-order valence-corrected chi connectivity index (χ1v) is 13.9. The molecule has 3 N–H and O–H groups in total. The highest BCUT2D eigenvalue weighted by molar-refractivity contribution is 6.87. The van der Waals surface area contributed by atoms with Gasteiger partial charge in [-0.25, -0.2) is 9.59 Å². The zero-order valence-electron chi connectivity index (χ0n) is 23.1. The molecule has 1 amide bonds. The summed E-state index contributed by atoms with van der Waals surface area (Å²) >= 11 is 0. The third kappa shape index (κ3) is 4.23. The maximum absolute atomic E-state index is 13.7.